The molecule has 31 heavy (non-hydrogen) atoms. The van der Waals surface area contributed by atoms with Gasteiger partial charge in [0.05, 0.1) is 29.1 Å². The molecule has 1 amide bonds. The van der Waals surface area contributed by atoms with Crippen molar-refractivity contribution in [1.82, 2.24) is 20.5 Å². The highest BCUT2D eigenvalue weighted by molar-refractivity contribution is 6.32. The number of carbonyl (C=O) groups is 1. The Hall–Kier alpha value is -3.64. The molecule has 1 saturated heterocycles. The molecule has 3 heterocycles. The minimum absolute atomic E-state index is 0.00600. The number of nitrogens with zero attached hydrogens (tertiary/aromatic N) is 2. The van der Waals surface area contributed by atoms with Gasteiger partial charge in [-0.1, -0.05) is 23.7 Å². The van der Waals surface area contributed by atoms with Crippen molar-refractivity contribution in [1.29, 1.82) is 0 Å². The van der Waals surface area contributed by atoms with Crippen LogP contribution in [0.3, 0.4) is 0 Å². The number of methoxy groups -OCH3 is 1. The van der Waals surface area contributed by atoms with Crippen LogP contribution < -0.4 is 5.32 Å². The maximum absolute atomic E-state index is 12.5. The Labute approximate surface area is 184 Å². The predicted molar refractivity (Wildman–Crippen MR) is 122 cm³/mol. The lowest BCUT2D eigenvalue weighted by Crippen LogP contribution is -2.14. The summed E-state index contributed by atoms with van der Waals surface area (Å²) in [7, 11) is 1.65. The average Bonchev–Trinajstić information content (AvgIpc) is 3.33. The van der Waals surface area contributed by atoms with Gasteiger partial charge in [0.1, 0.15) is 0 Å². The third kappa shape index (κ3) is 3.66. The first-order valence-corrected chi connectivity index (χ1v) is 10.2. The summed E-state index contributed by atoms with van der Waals surface area (Å²) < 4.78 is 5.37. The lowest BCUT2D eigenvalue weighted by atomic mass is 9.90. The zero-order valence-corrected chi connectivity index (χ0v) is 17.5. The van der Waals surface area contributed by atoms with Gasteiger partial charge < -0.3 is 10.1 Å². The van der Waals surface area contributed by atoms with Crippen molar-refractivity contribution in [3.05, 3.63) is 87.7 Å². The van der Waals surface area contributed by atoms with E-state index in [1.807, 2.05) is 54.6 Å². The van der Waals surface area contributed by atoms with Crippen LogP contribution in [-0.4, -0.2) is 28.2 Å². The minimum atomic E-state index is -0.0652. The Kier molecular flexibility index (Phi) is 4.92. The van der Waals surface area contributed by atoms with E-state index in [4.69, 9.17) is 16.3 Å². The quantitative estimate of drug-likeness (QED) is 0.586. The monoisotopic (exact) mass is 430 g/mol. The lowest BCUT2D eigenvalue weighted by molar-refractivity contribution is -0.115. The number of aromatic nitrogens is 3. The van der Waals surface area contributed by atoms with Crippen molar-refractivity contribution >= 4 is 46.6 Å². The van der Waals surface area contributed by atoms with E-state index in [2.05, 4.69) is 20.5 Å². The molecule has 0 radical (unpaired) electrons. The van der Waals surface area contributed by atoms with E-state index in [0.717, 1.165) is 44.8 Å². The predicted octanol–water partition coefficient (Wildman–Crippen LogP) is 4.73. The molecule has 1 unspecified atom stereocenters. The Balaban J connectivity index is 1.44. The third-order valence-electron chi connectivity index (χ3n) is 5.55. The van der Waals surface area contributed by atoms with Crippen molar-refractivity contribution in [3.8, 4) is 0 Å². The smallest absolute Gasteiger partial charge is 0.252 e. The summed E-state index contributed by atoms with van der Waals surface area (Å²) in [5.74, 6) is 0.795. The number of fused-ring (bicyclic) bond motifs is 2. The van der Waals surface area contributed by atoms with E-state index >= 15 is 0 Å². The van der Waals surface area contributed by atoms with Gasteiger partial charge in [0, 0.05) is 41.4 Å². The molecule has 0 spiro atoms. The number of hydrogen-bond acceptors (Lipinski definition) is 4. The summed E-state index contributed by atoms with van der Waals surface area (Å²) in [4.78, 5) is 16.5. The first-order chi connectivity index (χ1) is 15.1. The highest BCUT2D eigenvalue weighted by Gasteiger charge is 2.35. The highest BCUT2D eigenvalue weighted by Crippen LogP contribution is 2.36. The van der Waals surface area contributed by atoms with Gasteiger partial charge in [-0.25, -0.2) is 0 Å². The number of ether oxygens (including phenoxy) is 1. The van der Waals surface area contributed by atoms with E-state index in [9.17, 15) is 4.79 Å². The molecule has 7 heteroatoms. The molecule has 2 N–H and O–H groups in total. The zero-order valence-electron chi connectivity index (χ0n) is 16.7. The molecule has 1 aliphatic heterocycles. The molecule has 0 bridgehead atoms. The summed E-state index contributed by atoms with van der Waals surface area (Å²) in [6.45, 7) is 0. The molecule has 1 aromatic carbocycles. The van der Waals surface area contributed by atoms with Gasteiger partial charge >= 0.3 is 0 Å². The topological polar surface area (TPSA) is 79.9 Å². The Morgan fingerprint density at radius 3 is 2.97 bits per heavy atom. The fourth-order valence-electron chi connectivity index (χ4n) is 3.91. The maximum Gasteiger partial charge on any atom is 0.252 e. The van der Waals surface area contributed by atoms with E-state index in [0.29, 0.717) is 11.4 Å². The maximum atomic E-state index is 12.5. The molecule has 1 fully saturated rings. The molecule has 154 valence electrons. The van der Waals surface area contributed by atoms with Gasteiger partial charge in [-0.15, -0.1) is 0 Å². The Morgan fingerprint density at radius 1 is 1.23 bits per heavy atom. The van der Waals surface area contributed by atoms with Crippen LogP contribution in [0.1, 0.15) is 23.2 Å². The van der Waals surface area contributed by atoms with Crippen molar-refractivity contribution in [2.75, 3.05) is 7.11 Å². The first kappa shape index (κ1) is 19.3. The average molecular weight is 431 g/mol. The van der Waals surface area contributed by atoms with Crippen LogP contribution >= 0.6 is 11.6 Å². The van der Waals surface area contributed by atoms with Crippen molar-refractivity contribution < 1.29 is 9.53 Å². The number of rotatable bonds is 4. The van der Waals surface area contributed by atoms with Gasteiger partial charge in [-0.05, 0) is 53.6 Å². The van der Waals surface area contributed by atoms with Crippen LogP contribution in [0.4, 0.5) is 0 Å². The van der Waals surface area contributed by atoms with E-state index in [1.165, 1.54) is 0 Å². The van der Waals surface area contributed by atoms with Crippen LogP contribution in [0.25, 0.3) is 29.1 Å². The van der Waals surface area contributed by atoms with Gasteiger partial charge in [0.2, 0.25) is 0 Å². The van der Waals surface area contributed by atoms with Crippen molar-refractivity contribution in [3.63, 3.8) is 0 Å². The molecule has 5 rings (SSSR count). The third-order valence-corrected chi connectivity index (χ3v) is 5.87. The standard InChI is InChI=1S/C24H19ClN4O2/c1-31-16-4-7-21-18(12-16)19(24(30)27-21)10-14-2-5-17-22(28-29-23(17)11-14)6-3-15-8-9-26-13-20(15)25/h2-11,13,18H,12H2,1H3,(H,27,30)(H,28,29)/b6-3+,19-10+. The van der Waals surface area contributed by atoms with Gasteiger partial charge in [-0.3, -0.25) is 14.9 Å². The molecule has 2 aromatic heterocycles. The lowest BCUT2D eigenvalue weighted by Gasteiger charge is -2.17. The van der Waals surface area contributed by atoms with Gasteiger partial charge in [-0.2, -0.15) is 5.10 Å². The van der Waals surface area contributed by atoms with E-state index < -0.39 is 0 Å². The number of carbonyl (C=O) groups excluding carboxylic acids is 1. The molecule has 3 aromatic rings. The second-order valence-corrected chi connectivity index (χ2v) is 7.82. The number of nitrogens with one attached hydrogen (secondary N) is 2. The number of amides is 1. The Bertz CT molecular complexity index is 1320. The molecule has 1 aliphatic carbocycles. The minimum Gasteiger partial charge on any atom is -0.501 e. The van der Waals surface area contributed by atoms with Crippen LogP contribution in [0, 0.1) is 5.92 Å². The second kappa shape index (κ2) is 7.89. The number of H-pyrrole nitrogens is 1. The van der Waals surface area contributed by atoms with Gasteiger partial charge in [0.25, 0.3) is 5.91 Å². The normalized spacial score (nSPS) is 19.5. The number of hydrogen-bond donors (Lipinski definition) is 2. The summed E-state index contributed by atoms with van der Waals surface area (Å²) in [6.07, 6.45) is 13.6. The van der Waals surface area contributed by atoms with Crippen LogP contribution in [0.5, 0.6) is 0 Å². The number of benzene rings is 1. The SMILES string of the molecule is COC1=CC=C2NC(=O)/C(=C/c3ccc4c(/C=C/c5ccncc5Cl)n[nH]c4c3)C2C1. The second-order valence-electron chi connectivity index (χ2n) is 7.41. The van der Waals surface area contributed by atoms with Crippen molar-refractivity contribution in [2.24, 2.45) is 5.92 Å². The molecule has 6 nitrogen and oxygen atoms in total. The fraction of sp³-hybridized carbons (Fsp3) is 0.125. The first-order valence-electron chi connectivity index (χ1n) is 9.86. The molecular weight excluding hydrogens is 412 g/mol. The number of aromatic amines is 1. The molecule has 2 aliphatic rings. The Morgan fingerprint density at radius 2 is 2.13 bits per heavy atom. The number of allylic oxidation sites excluding steroid dienone is 4. The summed E-state index contributed by atoms with van der Waals surface area (Å²) in [5.41, 5.74) is 5.17. The molecular formula is C24H19ClN4O2. The van der Waals surface area contributed by atoms with Crippen LogP contribution in [0.2, 0.25) is 5.02 Å². The van der Waals surface area contributed by atoms with Crippen molar-refractivity contribution in [2.45, 2.75) is 6.42 Å². The molecule has 1 atom stereocenters. The van der Waals surface area contributed by atoms with E-state index in [-0.39, 0.29) is 11.8 Å². The molecule has 0 saturated carbocycles. The van der Waals surface area contributed by atoms with Crippen LogP contribution in [-0.2, 0) is 9.53 Å². The largest absolute Gasteiger partial charge is 0.501 e. The summed E-state index contributed by atoms with van der Waals surface area (Å²) >= 11 is 6.17. The number of pyridine rings is 1. The fourth-order valence-corrected chi connectivity index (χ4v) is 4.09. The summed E-state index contributed by atoms with van der Waals surface area (Å²) in [5, 5.41) is 12.0. The van der Waals surface area contributed by atoms with E-state index in [1.54, 1.807) is 19.5 Å². The van der Waals surface area contributed by atoms with Gasteiger partial charge in [0.15, 0.2) is 0 Å². The zero-order chi connectivity index (χ0) is 21.4. The van der Waals surface area contributed by atoms with Crippen LogP contribution in [0.15, 0.2) is 65.8 Å². The number of halogens is 1. The summed E-state index contributed by atoms with van der Waals surface area (Å²) in [6, 6.07) is 7.84. The highest BCUT2D eigenvalue weighted by atomic mass is 35.5.